The molecule has 0 aliphatic heterocycles. The summed E-state index contributed by atoms with van der Waals surface area (Å²) in [4.78, 5) is 14.4. The number of rotatable bonds is 1. The van der Waals surface area contributed by atoms with Gasteiger partial charge in [0.15, 0.2) is 11.6 Å². The normalized spacial score (nSPS) is 11.3. The minimum atomic E-state index is -1.02. The highest BCUT2D eigenvalue weighted by molar-refractivity contribution is 6.05. The molecule has 1 N–H and O–H groups in total. The van der Waals surface area contributed by atoms with Gasteiger partial charge in [0, 0.05) is 10.8 Å². The summed E-state index contributed by atoms with van der Waals surface area (Å²) >= 11 is 0. The fourth-order valence-electron chi connectivity index (χ4n) is 2.31. The Morgan fingerprint density at radius 1 is 1.05 bits per heavy atom. The van der Waals surface area contributed by atoms with Gasteiger partial charge in [0.2, 0.25) is 0 Å². The zero-order valence-corrected chi connectivity index (χ0v) is 10.3. The first-order valence-corrected chi connectivity index (χ1v) is 6.04. The van der Waals surface area contributed by atoms with Crippen LogP contribution in [-0.2, 0) is 6.42 Å². The van der Waals surface area contributed by atoms with E-state index in [1.165, 1.54) is 6.07 Å². The predicted octanol–water partition coefficient (Wildman–Crippen LogP) is 3.52. The van der Waals surface area contributed by atoms with E-state index in [9.17, 15) is 13.6 Å². The first-order valence-electron chi connectivity index (χ1n) is 6.04. The van der Waals surface area contributed by atoms with Crippen molar-refractivity contribution in [3.8, 4) is 0 Å². The number of H-pyrrole nitrogens is 1. The lowest BCUT2D eigenvalue weighted by molar-refractivity contribution is 0.515. The fraction of sp³-hybridized carbons (Fsp3) is 0.133. The molecule has 0 saturated carbocycles. The van der Waals surface area contributed by atoms with Gasteiger partial charge in [0.25, 0.3) is 5.56 Å². The van der Waals surface area contributed by atoms with Crippen LogP contribution in [0.4, 0.5) is 8.78 Å². The minimum absolute atomic E-state index is 0.0817. The van der Waals surface area contributed by atoms with Crippen molar-refractivity contribution in [3.05, 3.63) is 57.9 Å². The molecule has 0 spiro atoms. The first-order chi connectivity index (χ1) is 9.11. The monoisotopic (exact) mass is 259 g/mol. The number of aromatic nitrogens is 1. The Bertz CT molecular complexity index is 852. The summed E-state index contributed by atoms with van der Waals surface area (Å²) in [7, 11) is 0. The van der Waals surface area contributed by atoms with E-state index < -0.39 is 17.2 Å². The molecule has 1 heterocycles. The third kappa shape index (κ3) is 1.71. The van der Waals surface area contributed by atoms with Crippen LogP contribution in [0.5, 0.6) is 0 Å². The molecule has 0 saturated heterocycles. The summed E-state index contributed by atoms with van der Waals surface area (Å²) in [5.74, 6) is -1.98. The van der Waals surface area contributed by atoms with Gasteiger partial charge in [-0.3, -0.25) is 4.79 Å². The van der Waals surface area contributed by atoms with Gasteiger partial charge in [-0.25, -0.2) is 8.78 Å². The third-order valence-electron chi connectivity index (χ3n) is 3.36. The molecule has 19 heavy (non-hydrogen) atoms. The van der Waals surface area contributed by atoms with E-state index in [4.69, 9.17) is 0 Å². The molecule has 4 heteroatoms. The van der Waals surface area contributed by atoms with Crippen LogP contribution < -0.4 is 5.56 Å². The quantitative estimate of drug-likeness (QED) is 0.666. The number of hydrogen-bond acceptors (Lipinski definition) is 1. The molecule has 3 rings (SSSR count). The maximum absolute atomic E-state index is 13.7. The van der Waals surface area contributed by atoms with E-state index in [1.54, 1.807) is 12.1 Å². The van der Waals surface area contributed by atoms with Gasteiger partial charge in [0.05, 0.1) is 5.52 Å². The number of aromatic amines is 1. The molecule has 3 aromatic rings. The molecule has 0 atom stereocenters. The van der Waals surface area contributed by atoms with E-state index in [1.807, 2.05) is 13.0 Å². The molecule has 0 bridgehead atoms. The van der Waals surface area contributed by atoms with Gasteiger partial charge in [-0.15, -0.1) is 0 Å². The van der Waals surface area contributed by atoms with Crippen LogP contribution in [0.3, 0.4) is 0 Å². The van der Waals surface area contributed by atoms with Crippen LogP contribution in [0.1, 0.15) is 12.5 Å². The molecular formula is C15H11F2NO. The van der Waals surface area contributed by atoms with Crippen LogP contribution in [-0.4, -0.2) is 4.98 Å². The highest BCUT2D eigenvalue weighted by Crippen LogP contribution is 2.25. The van der Waals surface area contributed by atoms with Crippen LogP contribution in [0.15, 0.2) is 35.1 Å². The van der Waals surface area contributed by atoms with E-state index in [0.29, 0.717) is 16.2 Å². The topological polar surface area (TPSA) is 32.9 Å². The Kier molecular flexibility index (Phi) is 2.59. The summed E-state index contributed by atoms with van der Waals surface area (Å²) in [5.41, 5.74) is 0.545. The van der Waals surface area contributed by atoms with E-state index in [0.717, 1.165) is 18.1 Å². The largest absolute Gasteiger partial charge is 0.319 e. The average molecular weight is 259 g/mol. The zero-order chi connectivity index (χ0) is 13.6. The first kappa shape index (κ1) is 11.8. The van der Waals surface area contributed by atoms with E-state index >= 15 is 0 Å². The molecule has 0 aliphatic rings. The summed E-state index contributed by atoms with van der Waals surface area (Å²) in [6, 6.07) is 8.02. The van der Waals surface area contributed by atoms with E-state index in [-0.39, 0.29) is 5.52 Å². The Balaban J connectivity index is 2.54. The lowest BCUT2D eigenvalue weighted by Crippen LogP contribution is -2.08. The minimum Gasteiger partial charge on any atom is -0.319 e. The number of pyridine rings is 1. The van der Waals surface area contributed by atoms with Crippen molar-refractivity contribution in [3.63, 3.8) is 0 Å². The second-order valence-electron chi connectivity index (χ2n) is 4.47. The summed E-state index contributed by atoms with van der Waals surface area (Å²) < 4.78 is 26.9. The van der Waals surface area contributed by atoms with Crippen LogP contribution in [0.2, 0.25) is 0 Å². The van der Waals surface area contributed by atoms with Crippen LogP contribution in [0, 0.1) is 11.6 Å². The lowest BCUT2D eigenvalue weighted by atomic mass is 10.0. The smallest absolute Gasteiger partial charge is 0.256 e. The molecule has 1 aromatic heterocycles. The molecule has 2 nitrogen and oxygen atoms in total. The van der Waals surface area contributed by atoms with Crippen molar-refractivity contribution in [1.82, 2.24) is 4.98 Å². The van der Waals surface area contributed by atoms with Gasteiger partial charge in [-0.1, -0.05) is 19.1 Å². The number of nitrogens with one attached hydrogen (secondary N) is 1. The zero-order valence-electron chi connectivity index (χ0n) is 10.3. The lowest BCUT2D eigenvalue weighted by Gasteiger charge is -2.06. The van der Waals surface area contributed by atoms with Gasteiger partial charge < -0.3 is 4.98 Å². The maximum atomic E-state index is 13.7. The molecular weight excluding hydrogens is 248 g/mol. The van der Waals surface area contributed by atoms with Crippen molar-refractivity contribution in [1.29, 1.82) is 0 Å². The van der Waals surface area contributed by atoms with Gasteiger partial charge in [-0.05, 0) is 35.6 Å². The molecule has 0 amide bonds. The van der Waals surface area contributed by atoms with Crippen molar-refractivity contribution < 1.29 is 8.78 Å². The van der Waals surface area contributed by atoms with Gasteiger partial charge in [-0.2, -0.15) is 0 Å². The highest BCUT2D eigenvalue weighted by Gasteiger charge is 2.12. The number of benzene rings is 2. The van der Waals surface area contributed by atoms with Crippen molar-refractivity contribution in [2.24, 2.45) is 0 Å². The fourth-order valence-corrected chi connectivity index (χ4v) is 2.31. The summed E-state index contributed by atoms with van der Waals surface area (Å²) in [6.07, 6.45) is 0.811. The van der Waals surface area contributed by atoms with Crippen molar-refractivity contribution >= 4 is 21.7 Å². The van der Waals surface area contributed by atoms with Gasteiger partial charge >= 0.3 is 0 Å². The second kappa shape index (κ2) is 4.16. The number of aryl methyl sites for hydroxylation is 1. The SMILES string of the molecule is CCc1ccc2c(c1)c(=O)[nH]c1c(F)c(F)ccc12. The molecule has 0 radical (unpaired) electrons. The number of hydrogen-bond donors (Lipinski definition) is 1. The average Bonchev–Trinajstić information content (AvgIpc) is 2.43. The molecule has 0 fully saturated rings. The van der Waals surface area contributed by atoms with Crippen LogP contribution in [0.25, 0.3) is 21.7 Å². The summed E-state index contributed by atoms with van der Waals surface area (Å²) in [6.45, 7) is 1.99. The Hall–Kier alpha value is -2.23. The standard InChI is InChI=1S/C15H11F2NO/c1-2-8-3-4-9-10-5-6-12(16)13(17)14(10)18-15(19)11(9)7-8/h3-7H,2H2,1H3,(H,18,19). The van der Waals surface area contributed by atoms with Gasteiger partial charge in [0.1, 0.15) is 0 Å². The van der Waals surface area contributed by atoms with Crippen molar-refractivity contribution in [2.75, 3.05) is 0 Å². The Morgan fingerprint density at radius 2 is 1.79 bits per heavy atom. The van der Waals surface area contributed by atoms with Crippen LogP contribution >= 0.6 is 0 Å². The number of halogens is 2. The molecule has 0 unspecified atom stereocenters. The maximum Gasteiger partial charge on any atom is 0.256 e. The Morgan fingerprint density at radius 3 is 2.53 bits per heavy atom. The Labute approximate surface area is 107 Å². The number of fused-ring (bicyclic) bond motifs is 3. The summed E-state index contributed by atoms with van der Waals surface area (Å²) in [5, 5.41) is 1.64. The molecule has 2 aromatic carbocycles. The highest BCUT2D eigenvalue weighted by atomic mass is 19.2. The molecule has 96 valence electrons. The third-order valence-corrected chi connectivity index (χ3v) is 3.36. The predicted molar refractivity (Wildman–Crippen MR) is 71.4 cm³/mol. The van der Waals surface area contributed by atoms with E-state index in [2.05, 4.69) is 4.98 Å². The molecule has 0 aliphatic carbocycles. The second-order valence-corrected chi connectivity index (χ2v) is 4.47. The van der Waals surface area contributed by atoms with Crippen molar-refractivity contribution in [2.45, 2.75) is 13.3 Å².